The molecule has 0 fully saturated rings. The molecule has 0 radical (unpaired) electrons. The van der Waals surface area contributed by atoms with Crippen molar-refractivity contribution in [2.45, 2.75) is 66.7 Å². The summed E-state index contributed by atoms with van der Waals surface area (Å²) in [5.41, 5.74) is 2.60. The number of hydrogen-bond donors (Lipinski definition) is 1. The molecule has 3 nitrogen and oxygen atoms in total. The van der Waals surface area contributed by atoms with Gasteiger partial charge < -0.3 is 14.8 Å². The number of hydrogen-bond acceptors (Lipinski definition) is 3. The Balaban J connectivity index is 2.03. The third-order valence-electron chi connectivity index (χ3n) is 4.36. The van der Waals surface area contributed by atoms with Gasteiger partial charge in [0.15, 0.2) is 11.5 Å². The SMILES string of the molecule is CCOc1cc(CNC(C)(C)CC(C)(C)C)ccc1OCc1ccc(Cl)cc1. The molecule has 4 heteroatoms. The van der Waals surface area contributed by atoms with Gasteiger partial charge in [-0.2, -0.15) is 0 Å². The minimum Gasteiger partial charge on any atom is -0.490 e. The molecule has 1 N–H and O–H groups in total. The van der Waals surface area contributed by atoms with Gasteiger partial charge in [-0.25, -0.2) is 0 Å². The zero-order valence-corrected chi connectivity index (χ0v) is 18.8. The lowest BCUT2D eigenvalue weighted by molar-refractivity contribution is 0.240. The lowest BCUT2D eigenvalue weighted by Gasteiger charge is -2.33. The molecule has 154 valence electrons. The minimum atomic E-state index is 0.0633. The van der Waals surface area contributed by atoms with Crippen molar-refractivity contribution >= 4 is 11.6 Å². The first kappa shape index (κ1) is 22.6. The van der Waals surface area contributed by atoms with Crippen LogP contribution in [-0.4, -0.2) is 12.1 Å². The molecule has 0 bridgehead atoms. The van der Waals surface area contributed by atoms with Crippen LogP contribution in [0.5, 0.6) is 11.5 Å². The highest BCUT2D eigenvalue weighted by atomic mass is 35.5. The van der Waals surface area contributed by atoms with Crippen molar-refractivity contribution in [3.8, 4) is 11.5 Å². The highest BCUT2D eigenvalue weighted by Crippen LogP contribution is 2.31. The normalized spacial score (nSPS) is 12.1. The van der Waals surface area contributed by atoms with Gasteiger partial charge in [0, 0.05) is 17.1 Å². The van der Waals surface area contributed by atoms with Crippen LogP contribution in [0.3, 0.4) is 0 Å². The standard InChI is InChI=1S/C24H34ClNO2/c1-7-27-22-14-19(15-26-24(5,6)17-23(2,3)4)10-13-21(22)28-16-18-8-11-20(25)12-9-18/h8-14,26H,7,15-17H2,1-6H3. The molecule has 0 aliphatic heterocycles. The van der Waals surface area contributed by atoms with Crippen molar-refractivity contribution in [2.24, 2.45) is 5.41 Å². The maximum absolute atomic E-state index is 5.99. The van der Waals surface area contributed by atoms with Crippen LogP contribution in [-0.2, 0) is 13.2 Å². The van der Waals surface area contributed by atoms with E-state index in [-0.39, 0.29) is 11.0 Å². The van der Waals surface area contributed by atoms with Crippen molar-refractivity contribution in [2.75, 3.05) is 6.61 Å². The maximum atomic E-state index is 5.99. The van der Waals surface area contributed by atoms with Crippen molar-refractivity contribution in [3.63, 3.8) is 0 Å². The Morgan fingerprint density at radius 3 is 2.11 bits per heavy atom. The molecule has 0 aliphatic rings. The Labute approximate surface area is 175 Å². The Hall–Kier alpha value is -1.71. The third-order valence-corrected chi connectivity index (χ3v) is 4.61. The monoisotopic (exact) mass is 403 g/mol. The zero-order valence-electron chi connectivity index (χ0n) is 18.1. The molecule has 0 amide bonds. The zero-order chi connectivity index (χ0) is 20.8. The highest BCUT2D eigenvalue weighted by Gasteiger charge is 2.24. The van der Waals surface area contributed by atoms with Gasteiger partial charge in [0.2, 0.25) is 0 Å². The summed E-state index contributed by atoms with van der Waals surface area (Å²) in [7, 11) is 0. The molecule has 0 saturated heterocycles. The fourth-order valence-corrected chi connectivity index (χ4v) is 3.65. The lowest BCUT2D eigenvalue weighted by atomic mass is 9.82. The Morgan fingerprint density at radius 2 is 1.50 bits per heavy atom. The van der Waals surface area contributed by atoms with Crippen molar-refractivity contribution in [1.82, 2.24) is 5.32 Å². The van der Waals surface area contributed by atoms with E-state index in [0.717, 1.165) is 35.1 Å². The molecule has 0 saturated carbocycles. The van der Waals surface area contributed by atoms with E-state index in [4.69, 9.17) is 21.1 Å². The van der Waals surface area contributed by atoms with E-state index < -0.39 is 0 Å². The predicted molar refractivity (Wildman–Crippen MR) is 118 cm³/mol. The molecule has 0 atom stereocenters. The van der Waals surface area contributed by atoms with Crippen LogP contribution in [0.1, 0.15) is 59.1 Å². The smallest absolute Gasteiger partial charge is 0.161 e. The summed E-state index contributed by atoms with van der Waals surface area (Å²) < 4.78 is 11.8. The van der Waals surface area contributed by atoms with Gasteiger partial charge in [-0.05, 0) is 68.0 Å². The fraction of sp³-hybridized carbons (Fsp3) is 0.500. The molecule has 2 rings (SSSR count). The van der Waals surface area contributed by atoms with Gasteiger partial charge in [0.05, 0.1) is 6.61 Å². The largest absolute Gasteiger partial charge is 0.490 e. The first-order valence-corrected chi connectivity index (χ1v) is 10.3. The Bertz CT molecular complexity index is 748. The van der Waals surface area contributed by atoms with Gasteiger partial charge in [0.1, 0.15) is 6.61 Å². The van der Waals surface area contributed by atoms with Gasteiger partial charge in [0.25, 0.3) is 0 Å². The molecule has 2 aromatic rings. The molecular formula is C24H34ClNO2. The summed E-state index contributed by atoms with van der Waals surface area (Å²) in [5, 5.41) is 4.40. The van der Waals surface area contributed by atoms with E-state index in [1.54, 1.807) is 0 Å². The first-order chi connectivity index (χ1) is 13.1. The second kappa shape index (κ2) is 9.67. The second-order valence-corrected chi connectivity index (χ2v) is 9.54. The molecule has 0 heterocycles. The predicted octanol–water partition coefficient (Wildman–Crippen LogP) is 6.62. The second-order valence-electron chi connectivity index (χ2n) is 9.10. The van der Waals surface area contributed by atoms with E-state index in [2.05, 4.69) is 52.1 Å². The van der Waals surface area contributed by atoms with Crippen LogP contribution in [0.2, 0.25) is 5.02 Å². The lowest BCUT2D eigenvalue weighted by Crippen LogP contribution is -2.41. The molecule has 0 aromatic heterocycles. The summed E-state index contributed by atoms with van der Waals surface area (Å²) in [5.74, 6) is 1.54. The van der Waals surface area contributed by atoms with Crippen LogP contribution < -0.4 is 14.8 Å². The molecule has 0 unspecified atom stereocenters. The third kappa shape index (κ3) is 7.73. The summed E-state index contributed by atoms with van der Waals surface area (Å²) in [6, 6.07) is 13.8. The first-order valence-electron chi connectivity index (χ1n) is 9.96. The Kier molecular flexibility index (Phi) is 7.79. The summed E-state index contributed by atoms with van der Waals surface area (Å²) in [6.45, 7) is 15.2. The summed E-state index contributed by atoms with van der Waals surface area (Å²) >= 11 is 5.94. The average molecular weight is 404 g/mol. The average Bonchev–Trinajstić information content (AvgIpc) is 2.59. The number of ether oxygens (including phenoxy) is 2. The van der Waals surface area contributed by atoms with Crippen LogP contribution in [0.15, 0.2) is 42.5 Å². The van der Waals surface area contributed by atoms with E-state index in [9.17, 15) is 0 Å². The van der Waals surface area contributed by atoms with E-state index >= 15 is 0 Å². The van der Waals surface area contributed by atoms with E-state index in [1.807, 2.05) is 37.3 Å². The molecule has 2 aromatic carbocycles. The van der Waals surface area contributed by atoms with Gasteiger partial charge in [-0.3, -0.25) is 0 Å². The maximum Gasteiger partial charge on any atom is 0.161 e. The van der Waals surface area contributed by atoms with Crippen molar-refractivity contribution < 1.29 is 9.47 Å². The fourth-order valence-electron chi connectivity index (χ4n) is 3.52. The molecule has 0 spiro atoms. The molecular weight excluding hydrogens is 370 g/mol. The number of halogens is 1. The van der Waals surface area contributed by atoms with E-state index in [1.165, 1.54) is 5.56 Å². The van der Waals surface area contributed by atoms with Crippen LogP contribution in [0, 0.1) is 5.41 Å². The molecule has 0 aliphatic carbocycles. The van der Waals surface area contributed by atoms with Crippen molar-refractivity contribution in [3.05, 3.63) is 58.6 Å². The van der Waals surface area contributed by atoms with Gasteiger partial charge in [-0.1, -0.05) is 50.6 Å². The highest BCUT2D eigenvalue weighted by molar-refractivity contribution is 6.30. The van der Waals surface area contributed by atoms with Gasteiger partial charge in [-0.15, -0.1) is 0 Å². The number of rotatable bonds is 9. The topological polar surface area (TPSA) is 30.5 Å². The molecule has 28 heavy (non-hydrogen) atoms. The summed E-state index contributed by atoms with van der Waals surface area (Å²) in [4.78, 5) is 0. The van der Waals surface area contributed by atoms with Crippen LogP contribution in [0.4, 0.5) is 0 Å². The Morgan fingerprint density at radius 1 is 0.857 bits per heavy atom. The minimum absolute atomic E-state index is 0.0633. The number of benzene rings is 2. The van der Waals surface area contributed by atoms with Crippen molar-refractivity contribution in [1.29, 1.82) is 0 Å². The quantitative estimate of drug-likeness (QED) is 0.510. The summed E-state index contributed by atoms with van der Waals surface area (Å²) in [6.07, 6.45) is 1.10. The van der Waals surface area contributed by atoms with E-state index in [0.29, 0.717) is 13.2 Å². The van der Waals surface area contributed by atoms with Gasteiger partial charge >= 0.3 is 0 Å². The van der Waals surface area contributed by atoms with Crippen LogP contribution >= 0.6 is 11.6 Å². The van der Waals surface area contributed by atoms with Crippen LogP contribution in [0.25, 0.3) is 0 Å². The number of nitrogens with one attached hydrogen (secondary N) is 1.